The second-order valence-corrected chi connectivity index (χ2v) is 8.42. The molecule has 170 valence electrons. The molecule has 0 unspecified atom stereocenters. The predicted octanol–water partition coefficient (Wildman–Crippen LogP) is 3.85. The van der Waals surface area contributed by atoms with Gasteiger partial charge in [0.05, 0.1) is 25.9 Å². The maximum atomic E-state index is 13.3. The third-order valence-electron chi connectivity index (χ3n) is 5.24. The lowest BCUT2D eigenvalue weighted by molar-refractivity contribution is -0.116. The number of benzene rings is 2. The monoisotopic (exact) mass is 464 g/mol. The van der Waals surface area contributed by atoms with Gasteiger partial charge in [-0.05, 0) is 42.0 Å². The Labute approximate surface area is 195 Å². The van der Waals surface area contributed by atoms with Crippen molar-refractivity contribution in [1.29, 1.82) is 0 Å². The van der Waals surface area contributed by atoms with Crippen molar-refractivity contribution in [3.63, 3.8) is 0 Å². The van der Waals surface area contributed by atoms with E-state index in [-0.39, 0.29) is 18.0 Å². The molecule has 0 spiro atoms. The summed E-state index contributed by atoms with van der Waals surface area (Å²) in [7, 11) is 7.03. The van der Waals surface area contributed by atoms with Gasteiger partial charge in [0.2, 0.25) is 5.91 Å². The summed E-state index contributed by atoms with van der Waals surface area (Å²) in [6.45, 7) is -0.140. The first-order valence-corrected chi connectivity index (χ1v) is 11.1. The van der Waals surface area contributed by atoms with Gasteiger partial charge in [-0.15, -0.1) is 11.3 Å². The van der Waals surface area contributed by atoms with E-state index in [1.807, 2.05) is 60.8 Å². The van der Waals surface area contributed by atoms with Crippen molar-refractivity contribution in [2.45, 2.75) is 6.54 Å². The number of nitrogens with one attached hydrogen (secondary N) is 1. The van der Waals surface area contributed by atoms with Gasteiger partial charge in [0.15, 0.2) is 11.5 Å². The summed E-state index contributed by atoms with van der Waals surface area (Å²) in [5.74, 6) is 0.864. The summed E-state index contributed by atoms with van der Waals surface area (Å²) < 4.78 is 12.0. The van der Waals surface area contributed by atoms with Crippen LogP contribution in [0.25, 0.3) is 21.3 Å². The van der Waals surface area contributed by atoms with Gasteiger partial charge in [-0.25, -0.2) is 4.98 Å². The number of aromatic nitrogens is 2. The minimum Gasteiger partial charge on any atom is -0.493 e. The van der Waals surface area contributed by atoms with Gasteiger partial charge >= 0.3 is 0 Å². The number of methoxy groups -OCH3 is 2. The lowest BCUT2D eigenvalue weighted by atomic mass is 10.1. The molecule has 0 radical (unpaired) electrons. The molecule has 0 aliphatic rings. The van der Waals surface area contributed by atoms with E-state index in [1.165, 1.54) is 22.2 Å². The fourth-order valence-electron chi connectivity index (χ4n) is 3.49. The number of thiophene rings is 1. The van der Waals surface area contributed by atoms with Crippen LogP contribution in [-0.2, 0) is 11.3 Å². The van der Waals surface area contributed by atoms with Gasteiger partial charge < -0.3 is 19.7 Å². The normalized spacial score (nSPS) is 10.8. The number of carbonyl (C=O) groups is 1. The topological polar surface area (TPSA) is 85.7 Å². The molecule has 9 heteroatoms. The number of fused-ring (bicyclic) bond motifs is 1. The van der Waals surface area contributed by atoms with Crippen molar-refractivity contribution in [1.82, 2.24) is 9.55 Å². The SMILES string of the molecule is COc1ccc(-c2csc3ncn(CC(=O)Nc4ccc(N(C)C)cc4)c(=O)c23)cc1OC. The first-order chi connectivity index (χ1) is 15.9. The van der Waals surface area contributed by atoms with Crippen LogP contribution >= 0.6 is 11.3 Å². The minimum atomic E-state index is -0.307. The third kappa shape index (κ3) is 4.54. The number of hydrogen-bond donors (Lipinski definition) is 1. The molecular weight excluding hydrogens is 440 g/mol. The number of ether oxygens (including phenoxy) is 2. The van der Waals surface area contributed by atoms with E-state index in [9.17, 15) is 9.59 Å². The lowest BCUT2D eigenvalue weighted by Crippen LogP contribution is -2.27. The number of carbonyl (C=O) groups excluding carboxylic acids is 1. The zero-order valence-electron chi connectivity index (χ0n) is 18.8. The largest absolute Gasteiger partial charge is 0.493 e. The molecule has 4 aromatic rings. The Morgan fingerprint density at radius 3 is 2.48 bits per heavy atom. The van der Waals surface area contributed by atoms with Gasteiger partial charge in [-0.3, -0.25) is 14.2 Å². The van der Waals surface area contributed by atoms with Gasteiger partial charge in [-0.1, -0.05) is 6.07 Å². The standard InChI is InChI=1S/C24H24N4O4S/c1-27(2)17-8-6-16(7-9-17)26-21(29)12-28-14-25-23-22(24(28)30)18(13-33-23)15-5-10-19(31-3)20(11-15)32-4/h5-11,13-14H,12H2,1-4H3,(H,26,29). The summed E-state index contributed by atoms with van der Waals surface area (Å²) in [5, 5.41) is 5.18. The Morgan fingerprint density at radius 1 is 1.09 bits per heavy atom. The fraction of sp³-hybridized carbons (Fsp3) is 0.208. The van der Waals surface area contributed by atoms with Crippen molar-refractivity contribution in [2.75, 3.05) is 38.5 Å². The van der Waals surface area contributed by atoms with E-state index in [2.05, 4.69) is 10.3 Å². The van der Waals surface area contributed by atoms with Crippen molar-refractivity contribution < 1.29 is 14.3 Å². The summed E-state index contributed by atoms with van der Waals surface area (Å²) in [6, 6.07) is 13.0. The number of amides is 1. The predicted molar refractivity (Wildman–Crippen MR) is 132 cm³/mol. The van der Waals surface area contributed by atoms with Crippen molar-refractivity contribution in [3.8, 4) is 22.6 Å². The van der Waals surface area contributed by atoms with Crippen LogP contribution in [0.15, 0.2) is 59.0 Å². The molecule has 0 saturated carbocycles. The molecule has 2 aromatic carbocycles. The first-order valence-electron chi connectivity index (χ1n) is 10.2. The van der Waals surface area contributed by atoms with Crippen LogP contribution < -0.4 is 25.2 Å². The van der Waals surface area contributed by atoms with Crippen LogP contribution in [0.1, 0.15) is 0 Å². The Bertz CT molecular complexity index is 1360. The van der Waals surface area contributed by atoms with E-state index in [0.29, 0.717) is 27.4 Å². The van der Waals surface area contributed by atoms with Gasteiger partial charge in [0, 0.05) is 36.4 Å². The highest BCUT2D eigenvalue weighted by Gasteiger charge is 2.16. The maximum Gasteiger partial charge on any atom is 0.263 e. The van der Waals surface area contributed by atoms with Crippen molar-refractivity contribution in [3.05, 3.63) is 64.5 Å². The molecule has 0 aliphatic carbocycles. The summed E-state index contributed by atoms with van der Waals surface area (Å²) in [4.78, 5) is 32.8. The Morgan fingerprint density at radius 2 is 1.82 bits per heavy atom. The van der Waals surface area contributed by atoms with Crippen LogP contribution in [-0.4, -0.2) is 43.8 Å². The zero-order chi connectivity index (χ0) is 23.5. The van der Waals surface area contributed by atoms with Gasteiger partial charge in [-0.2, -0.15) is 0 Å². The zero-order valence-corrected chi connectivity index (χ0v) is 19.6. The first kappa shape index (κ1) is 22.3. The highest BCUT2D eigenvalue weighted by atomic mass is 32.1. The van der Waals surface area contributed by atoms with Crippen LogP contribution in [0.3, 0.4) is 0 Å². The van der Waals surface area contributed by atoms with Gasteiger partial charge in [0.25, 0.3) is 5.56 Å². The lowest BCUT2D eigenvalue weighted by Gasteiger charge is -2.13. The second kappa shape index (κ2) is 9.33. The van der Waals surface area contributed by atoms with E-state index in [4.69, 9.17) is 9.47 Å². The molecule has 0 fully saturated rings. The Hall–Kier alpha value is -3.85. The highest BCUT2D eigenvalue weighted by Crippen LogP contribution is 2.36. The Balaban J connectivity index is 1.62. The molecule has 2 heterocycles. The van der Waals surface area contributed by atoms with Crippen LogP contribution in [0.2, 0.25) is 0 Å². The molecule has 0 atom stereocenters. The number of anilines is 2. The van der Waals surface area contributed by atoms with E-state index in [1.54, 1.807) is 20.3 Å². The van der Waals surface area contributed by atoms with E-state index in [0.717, 1.165) is 16.8 Å². The van der Waals surface area contributed by atoms with E-state index >= 15 is 0 Å². The fourth-order valence-corrected chi connectivity index (χ4v) is 4.40. The van der Waals surface area contributed by atoms with E-state index < -0.39 is 0 Å². The molecule has 0 aliphatic heterocycles. The maximum absolute atomic E-state index is 13.3. The Kier molecular flexibility index (Phi) is 6.32. The molecule has 0 bridgehead atoms. The van der Waals surface area contributed by atoms with Crippen LogP contribution in [0.5, 0.6) is 11.5 Å². The molecule has 1 N–H and O–H groups in total. The van der Waals surface area contributed by atoms with Crippen molar-refractivity contribution in [2.24, 2.45) is 0 Å². The highest BCUT2D eigenvalue weighted by molar-refractivity contribution is 7.17. The van der Waals surface area contributed by atoms with Crippen LogP contribution in [0, 0.1) is 0 Å². The van der Waals surface area contributed by atoms with Crippen LogP contribution in [0.4, 0.5) is 11.4 Å². The smallest absolute Gasteiger partial charge is 0.263 e. The average molecular weight is 465 g/mol. The number of rotatable bonds is 7. The molecule has 1 amide bonds. The molecule has 2 aromatic heterocycles. The third-order valence-corrected chi connectivity index (χ3v) is 6.12. The summed E-state index contributed by atoms with van der Waals surface area (Å²) in [5.41, 5.74) is 2.96. The summed E-state index contributed by atoms with van der Waals surface area (Å²) >= 11 is 1.38. The number of hydrogen-bond acceptors (Lipinski definition) is 7. The summed E-state index contributed by atoms with van der Waals surface area (Å²) in [6.07, 6.45) is 1.41. The quantitative estimate of drug-likeness (QED) is 0.447. The van der Waals surface area contributed by atoms with Crippen molar-refractivity contribution >= 4 is 38.8 Å². The van der Waals surface area contributed by atoms with Gasteiger partial charge in [0.1, 0.15) is 11.4 Å². The second-order valence-electron chi connectivity index (χ2n) is 7.57. The molecule has 33 heavy (non-hydrogen) atoms. The average Bonchev–Trinajstić information content (AvgIpc) is 3.25. The minimum absolute atomic E-state index is 0.140. The molecular formula is C24H24N4O4S. The molecule has 4 rings (SSSR count). The number of nitrogens with zero attached hydrogens (tertiary/aromatic N) is 3. The molecule has 0 saturated heterocycles. The molecule has 8 nitrogen and oxygen atoms in total.